The van der Waals surface area contributed by atoms with Crippen molar-refractivity contribution in [2.75, 3.05) is 31.6 Å². The van der Waals surface area contributed by atoms with Crippen molar-refractivity contribution in [1.82, 2.24) is 9.62 Å². The second-order valence-corrected chi connectivity index (χ2v) is 9.50. The molecular weight excluding hydrogens is 387 g/mol. The molecule has 1 aromatic carbocycles. The van der Waals surface area contributed by atoms with E-state index in [9.17, 15) is 17.6 Å². The zero-order chi connectivity index (χ0) is 18.4. The molecule has 140 valence electrons. The van der Waals surface area contributed by atoms with Crippen LogP contribution in [0.15, 0.2) is 18.2 Å². The van der Waals surface area contributed by atoms with E-state index in [1.165, 1.54) is 22.1 Å². The maximum atomic E-state index is 13.6. The molecule has 0 saturated carbocycles. The molecule has 1 aliphatic rings. The van der Waals surface area contributed by atoms with Crippen LogP contribution in [-0.4, -0.2) is 50.3 Å². The van der Waals surface area contributed by atoms with Gasteiger partial charge in [-0.15, -0.1) is 0 Å². The lowest BCUT2D eigenvalue weighted by molar-refractivity contribution is -0.125. The molecule has 9 heteroatoms. The summed E-state index contributed by atoms with van der Waals surface area (Å²) in [6, 6.07) is 4.59. The van der Waals surface area contributed by atoms with Gasteiger partial charge < -0.3 is 5.32 Å². The van der Waals surface area contributed by atoms with Crippen LogP contribution in [0.2, 0.25) is 5.02 Å². The molecule has 0 bridgehead atoms. The fourth-order valence-electron chi connectivity index (χ4n) is 2.69. The zero-order valence-electron chi connectivity index (χ0n) is 14.0. The molecule has 1 amide bonds. The Kier molecular flexibility index (Phi) is 7.54. The summed E-state index contributed by atoms with van der Waals surface area (Å²) < 4.78 is 38.2. The Bertz CT molecular complexity index is 695. The standard InChI is InChI=1S/C16H22ClFN2O3S2/c1-25(22,23)20-8-3-4-12(10-20)16(21)19-7-9-24-11-13-14(17)5-2-6-15(13)18/h2,5-6,12H,3-4,7-11H2,1H3,(H,19,21)/t12-/m1/s1. The first-order valence-corrected chi connectivity index (χ1v) is 11.4. The zero-order valence-corrected chi connectivity index (χ0v) is 16.4. The van der Waals surface area contributed by atoms with Crippen molar-refractivity contribution in [3.8, 4) is 0 Å². The normalized spacial score (nSPS) is 18.9. The summed E-state index contributed by atoms with van der Waals surface area (Å²) in [6.07, 6.45) is 2.54. The van der Waals surface area contributed by atoms with Gasteiger partial charge in [0.05, 0.1) is 12.2 Å². The van der Waals surface area contributed by atoms with Gasteiger partial charge in [-0.25, -0.2) is 17.1 Å². The fraction of sp³-hybridized carbons (Fsp3) is 0.562. The molecule has 0 aliphatic carbocycles. The topological polar surface area (TPSA) is 66.5 Å². The summed E-state index contributed by atoms with van der Waals surface area (Å²) in [4.78, 5) is 12.2. The Morgan fingerprint density at radius 2 is 2.24 bits per heavy atom. The van der Waals surface area contributed by atoms with Gasteiger partial charge in [0.1, 0.15) is 5.82 Å². The lowest BCUT2D eigenvalue weighted by Crippen LogP contribution is -2.45. The second-order valence-electron chi connectivity index (χ2n) is 6.00. The van der Waals surface area contributed by atoms with E-state index >= 15 is 0 Å². The molecule has 1 aromatic rings. The van der Waals surface area contributed by atoms with E-state index in [2.05, 4.69) is 5.32 Å². The van der Waals surface area contributed by atoms with Crippen LogP contribution in [0.25, 0.3) is 0 Å². The minimum Gasteiger partial charge on any atom is -0.355 e. The van der Waals surface area contributed by atoms with E-state index in [-0.39, 0.29) is 24.2 Å². The lowest BCUT2D eigenvalue weighted by atomic mass is 9.99. The van der Waals surface area contributed by atoms with Gasteiger partial charge in [-0.3, -0.25) is 4.79 Å². The summed E-state index contributed by atoms with van der Waals surface area (Å²) in [5.74, 6) is 0.297. The van der Waals surface area contributed by atoms with Crippen molar-refractivity contribution in [2.24, 2.45) is 5.92 Å². The number of hydrogen-bond donors (Lipinski definition) is 1. The summed E-state index contributed by atoms with van der Waals surface area (Å²) in [7, 11) is -3.26. The third kappa shape index (κ3) is 6.13. The summed E-state index contributed by atoms with van der Waals surface area (Å²) in [5.41, 5.74) is 0.469. The van der Waals surface area contributed by atoms with Gasteiger partial charge in [0.25, 0.3) is 0 Å². The molecule has 1 heterocycles. The highest BCUT2D eigenvalue weighted by Gasteiger charge is 2.29. The molecule has 1 aliphatic heterocycles. The monoisotopic (exact) mass is 408 g/mol. The van der Waals surface area contributed by atoms with E-state index in [4.69, 9.17) is 11.6 Å². The van der Waals surface area contributed by atoms with Crippen LogP contribution in [0.1, 0.15) is 18.4 Å². The van der Waals surface area contributed by atoms with Crippen molar-refractivity contribution in [2.45, 2.75) is 18.6 Å². The highest BCUT2D eigenvalue weighted by molar-refractivity contribution is 7.98. The molecule has 1 fully saturated rings. The smallest absolute Gasteiger partial charge is 0.224 e. The molecule has 1 saturated heterocycles. The van der Waals surface area contributed by atoms with Crippen LogP contribution in [0.3, 0.4) is 0 Å². The molecule has 0 unspecified atom stereocenters. The average molecular weight is 409 g/mol. The maximum absolute atomic E-state index is 13.6. The largest absolute Gasteiger partial charge is 0.355 e. The van der Waals surface area contributed by atoms with Gasteiger partial charge in [0.15, 0.2) is 0 Å². The molecule has 5 nitrogen and oxygen atoms in total. The number of piperidine rings is 1. The Morgan fingerprint density at radius 1 is 1.48 bits per heavy atom. The number of halogens is 2. The van der Waals surface area contributed by atoms with E-state index < -0.39 is 10.0 Å². The number of hydrogen-bond acceptors (Lipinski definition) is 4. The fourth-order valence-corrected chi connectivity index (χ4v) is 4.80. The van der Waals surface area contributed by atoms with Gasteiger partial charge in [0, 0.05) is 41.7 Å². The molecule has 0 aromatic heterocycles. The third-order valence-corrected chi connectivity index (χ3v) is 6.69. The number of carbonyl (C=O) groups excluding carboxylic acids is 1. The van der Waals surface area contributed by atoms with Crippen LogP contribution in [0, 0.1) is 11.7 Å². The number of sulfonamides is 1. The Balaban J connectivity index is 1.72. The molecule has 1 atom stereocenters. The number of rotatable bonds is 7. The minimum atomic E-state index is -3.26. The highest BCUT2D eigenvalue weighted by Crippen LogP contribution is 2.23. The number of thioether (sulfide) groups is 1. The van der Waals surface area contributed by atoms with Gasteiger partial charge in [-0.05, 0) is 25.0 Å². The van der Waals surface area contributed by atoms with Crippen LogP contribution >= 0.6 is 23.4 Å². The van der Waals surface area contributed by atoms with Crippen molar-refractivity contribution in [3.63, 3.8) is 0 Å². The predicted octanol–water partition coefficient (Wildman–Crippen LogP) is 2.50. The first-order chi connectivity index (χ1) is 11.8. The first-order valence-electron chi connectivity index (χ1n) is 8.02. The number of nitrogens with one attached hydrogen (secondary N) is 1. The Labute approximate surface area is 157 Å². The number of nitrogens with zero attached hydrogens (tertiary/aromatic N) is 1. The van der Waals surface area contributed by atoms with Crippen molar-refractivity contribution in [1.29, 1.82) is 0 Å². The SMILES string of the molecule is CS(=O)(=O)N1CCC[C@@H](C(=O)NCCSCc2c(F)cccc2Cl)C1. The van der Waals surface area contributed by atoms with Gasteiger partial charge >= 0.3 is 0 Å². The van der Waals surface area contributed by atoms with Crippen LogP contribution in [-0.2, 0) is 20.6 Å². The Hall–Kier alpha value is -0.830. The van der Waals surface area contributed by atoms with Crippen molar-refractivity contribution < 1.29 is 17.6 Å². The van der Waals surface area contributed by atoms with Crippen LogP contribution in [0.4, 0.5) is 4.39 Å². The minimum absolute atomic E-state index is 0.127. The van der Waals surface area contributed by atoms with Gasteiger partial charge in [-0.2, -0.15) is 11.8 Å². The van der Waals surface area contributed by atoms with E-state index in [1.807, 2.05) is 0 Å². The molecule has 0 radical (unpaired) electrons. The summed E-state index contributed by atoms with van der Waals surface area (Å²) >= 11 is 7.45. The average Bonchev–Trinajstić information content (AvgIpc) is 2.56. The molecule has 0 spiro atoms. The quantitative estimate of drug-likeness (QED) is 0.704. The molecular formula is C16H22ClFN2O3S2. The number of benzene rings is 1. The second kappa shape index (κ2) is 9.21. The molecule has 25 heavy (non-hydrogen) atoms. The summed E-state index contributed by atoms with van der Waals surface area (Å²) in [5, 5.41) is 3.23. The summed E-state index contributed by atoms with van der Waals surface area (Å²) in [6.45, 7) is 1.16. The maximum Gasteiger partial charge on any atom is 0.224 e. The number of carbonyl (C=O) groups is 1. The lowest BCUT2D eigenvalue weighted by Gasteiger charge is -2.30. The Morgan fingerprint density at radius 3 is 2.92 bits per heavy atom. The third-order valence-electron chi connectivity index (χ3n) is 4.08. The van der Waals surface area contributed by atoms with Gasteiger partial charge in [0.2, 0.25) is 15.9 Å². The molecule has 1 N–H and O–H groups in total. The van der Waals surface area contributed by atoms with Gasteiger partial charge in [-0.1, -0.05) is 17.7 Å². The van der Waals surface area contributed by atoms with Crippen molar-refractivity contribution in [3.05, 3.63) is 34.6 Å². The van der Waals surface area contributed by atoms with Crippen LogP contribution < -0.4 is 5.32 Å². The van der Waals surface area contributed by atoms with E-state index in [0.717, 1.165) is 6.26 Å². The highest BCUT2D eigenvalue weighted by atomic mass is 35.5. The van der Waals surface area contributed by atoms with Crippen LogP contribution in [0.5, 0.6) is 0 Å². The molecule has 2 rings (SSSR count). The first kappa shape index (κ1) is 20.5. The predicted molar refractivity (Wildman–Crippen MR) is 99.7 cm³/mol. The number of amides is 1. The van der Waals surface area contributed by atoms with E-state index in [0.29, 0.717) is 48.0 Å². The van der Waals surface area contributed by atoms with Crippen molar-refractivity contribution >= 4 is 39.3 Å². The van der Waals surface area contributed by atoms with E-state index in [1.54, 1.807) is 12.1 Å².